The van der Waals surface area contributed by atoms with Crippen LogP contribution in [0.25, 0.3) is 10.8 Å². The van der Waals surface area contributed by atoms with E-state index in [-0.39, 0.29) is 30.5 Å². The van der Waals surface area contributed by atoms with E-state index >= 15 is 0 Å². The molecule has 7 heteroatoms. The molecule has 128 valence electrons. The summed E-state index contributed by atoms with van der Waals surface area (Å²) in [6, 6.07) is 6.88. The largest absolute Gasteiger partial charge is 0.455 e. The first kappa shape index (κ1) is 17.7. The molecule has 2 rings (SSSR count). The van der Waals surface area contributed by atoms with Crippen LogP contribution in [0.15, 0.2) is 29.1 Å². The molecule has 0 unspecified atom stereocenters. The quantitative estimate of drug-likeness (QED) is 0.774. The summed E-state index contributed by atoms with van der Waals surface area (Å²) in [5.74, 6) is -0.628. The maximum Gasteiger partial charge on any atom is 0.312 e. The summed E-state index contributed by atoms with van der Waals surface area (Å²) < 4.78 is 4.98. The normalized spacial score (nSPS) is 12.2. The van der Waals surface area contributed by atoms with Crippen molar-refractivity contribution in [1.29, 1.82) is 0 Å². The van der Waals surface area contributed by atoms with Gasteiger partial charge in [-0.05, 0) is 18.9 Å². The highest BCUT2D eigenvalue weighted by Crippen LogP contribution is 2.13. The number of rotatable bonds is 6. The first-order valence-electron chi connectivity index (χ1n) is 7.79. The zero-order valence-electron chi connectivity index (χ0n) is 14.0. The molecule has 2 aromatic rings. The fraction of sp³-hybridized carbons (Fsp3) is 0.412. The van der Waals surface area contributed by atoms with Crippen molar-refractivity contribution in [3.63, 3.8) is 0 Å². The summed E-state index contributed by atoms with van der Waals surface area (Å²) in [4.78, 5) is 35.4. The van der Waals surface area contributed by atoms with Crippen LogP contribution in [-0.4, -0.2) is 34.7 Å². The Labute approximate surface area is 139 Å². The van der Waals surface area contributed by atoms with Crippen LogP contribution in [0.4, 0.5) is 0 Å². The van der Waals surface area contributed by atoms with Gasteiger partial charge in [0.2, 0.25) is 0 Å². The molecule has 24 heavy (non-hydrogen) atoms. The molecule has 1 aromatic heterocycles. The Morgan fingerprint density at radius 2 is 1.88 bits per heavy atom. The van der Waals surface area contributed by atoms with Gasteiger partial charge in [0.25, 0.3) is 11.5 Å². The first-order chi connectivity index (χ1) is 11.4. The van der Waals surface area contributed by atoms with Crippen molar-refractivity contribution < 1.29 is 14.3 Å². The van der Waals surface area contributed by atoms with E-state index in [9.17, 15) is 14.4 Å². The molecule has 2 N–H and O–H groups in total. The van der Waals surface area contributed by atoms with Gasteiger partial charge in [-0.3, -0.25) is 14.4 Å². The Hall–Kier alpha value is -2.70. The molecule has 0 aliphatic rings. The van der Waals surface area contributed by atoms with Crippen molar-refractivity contribution in [1.82, 2.24) is 15.5 Å². The lowest BCUT2D eigenvalue weighted by atomic mass is 10.1. The Morgan fingerprint density at radius 3 is 2.54 bits per heavy atom. The molecule has 0 aliphatic carbocycles. The van der Waals surface area contributed by atoms with Crippen LogP contribution < -0.4 is 10.9 Å². The molecular weight excluding hydrogens is 310 g/mol. The van der Waals surface area contributed by atoms with Gasteiger partial charge < -0.3 is 10.1 Å². The molecule has 0 fully saturated rings. The third-order valence-corrected chi connectivity index (χ3v) is 3.84. The molecule has 1 aromatic carbocycles. The van der Waals surface area contributed by atoms with Gasteiger partial charge in [-0.2, -0.15) is 5.10 Å². The minimum atomic E-state index is -0.577. The van der Waals surface area contributed by atoms with Gasteiger partial charge in [0.05, 0.1) is 17.5 Å². The Kier molecular flexibility index (Phi) is 5.68. The van der Waals surface area contributed by atoms with Gasteiger partial charge in [0, 0.05) is 11.4 Å². The number of hydrogen-bond acceptors (Lipinski definition) is 5. The Morgan fingerprint density at radius 1 is 1.21 bits per heavy atom. The van der Waals surface area contributed by atoms with Crippen molar-refractivity contribution in [3.05, 3.63) is 40.3 Å². The van der Waals surface area contributed by atoms with E-state index in [1.807, 2.05) is 20.8 Å². The molecular formula is C17H21N3O4. The smallest absolute Gasteiger partial charge is 0.312 e. The van der Waals surface area contributed by atoms with Crippen LogP contribution >= 0.6 is 0 Å². The molecule has 1 atom stereocenters. The minimum Gasteiger partial charge on any atom is -0.455 e. The lowest BCUT2D eigenvalue weighted by molar-refractivity contribution is -0.148. The number of carbonyl (C=O) groups is 2. The molecule has 0 bridgehead atoms. The summed E-state index contributed by atoms with van der Waals surface area (Å²) >= 11 is 0. The number of nitrogens with zero attached hydrogens (tertiary/aromatic N) is 1. The molecule has 7 nitrogen and oxygen atoms in total. The molecule has 0 radical (unpaired) electrons. The van der Waals surface area contributed by atoms with E-state index < -0.39 is 5.97 Å². The van der Waals surface area contributed by atoms with Gasteiger partial charge in [-0.15, -0.1) is 0 Å². The maximum atomic E-state index is 11.9. The van der Waals surface area contributed by atoms with E-state index in [2.05, 4.69) is 15.5 Å². The van der Waals surface area contributed by atoms with E-state index in [1.165, 1.54) is 0 Å². The van der Waals surface area contributed by atoms with Gasteiger partial charge >= 0.3 is 5.97 Å². The van der Waals surface area contributed by atoms with Gasteiger partial charge in [0.1, 0.15) is 0 Å². The van der Waals surface area contributed by atoms with Gasteiger partial charge in [-0.1, -0.05) is 32.0 Å². The number of aromatic nitrogens is 2. The average molecular weight is 331 g/mol. The van der Waals surface area contributed by atoms with Gasteiger partial charge in [-0.25, -0.2) is 5.10 Å². The Bertz CT molecular complexity index is 798. The van der Waals surface area contributed by atoms with Crippen LogP contribution in [0.1, 0.15) is 26.5 Å². The third kappa shape index (κ3) is 4.41. The highest BCUT2D eigenvalue weighted by atomic mass is 16.5. The second-order valence-corrected chi connectivity index (χ2v) is 5.98. The number of esters is 1. The fourth-order valence-electron chi connectivity index (χ4n) is 2.10. The second kappa shape index (κ2) is 7.72. The van der Waals surface area contributed by atoms with Crippen LogP contribution in [0.5, 0.6) is 0 Å². The number of nitrogens with one attached hydrogen (secondary N) is 2. The van der Waals surface area contributed by atoms with Crippen LogP contribution in [0, 0.1) is 5.92 Å². The highest BCUT2D eigenvalue weighted by Gasteiger charge is 2.15. The monoisotopic (exact) mass is 331 g/mol. The van der Waals surface area contributed by atoms with Crippen molar-refractivity contribution in [2.24, 2.45) is 5.92 Å². The van der Waals surface area contributed by atoms with Crippen LogP contribution in [0.3, 0.4) is 0 Å². The number of hydrogen-bond donors (Lipinski definition) is 2. The number of benzene rings is 1. The zero-order chi connectivity index (χ0) is 17.7. The summed E-state index contributed by atoms with van der Waals surface area (Å²) in [6.45, 7) is 5.53. The third-order valence-electron chi connectivity index (χ3n) is 3.84. The number of carbonyl (C=O) groups excluding carboxylic acids is 2. The van der Waals surface area contributed by atoms with E-state index in [4.69, 9.17) is 4.74 Å². The molecule has 1 amide bonds. The second-order valence-electron chi connectivity index (χ2n) is 5.98. The SMILES string of the molecule is CC(C)[C@H](C)NC(=O)COC(=O)Cc1n[nH]c(=O)c2ccccc12. The summed E-state index contributed by atoms with van der Waals surface area (Å²) in [5.41, 5.74) is 0.0934. The standard InChI is InChI=1S/C17H21N3O4/c1-10(2)11(3)18-15(21)9-24-16(22)8-14-12-6-4-5-7-13(12)17(23)20-19-14/h4-7,10-11H,8-9H2,1-3H3,(H,18,21)(H,20,23)/t11-/m0/s1. The van der Waals surface area contributed by atoms with Crippen LogP contribution in [0.2, 0.25) is 0 Å². The van der Waals surface area contributed by atoms with Crippen molar-refractivity contribution in [2.45, 2.75) is 33.2 Å². The molecule has 0 spiro atoms. The molecule has 0 saturated carbocycles. The summed E-state index contributed by atoms with van der Waals surface area (Å²) in [5, 5.41) is 10.1. The lowest BCUT2D eigenvalue weighted by Gasteiger charge is -2.17. The zero-order valence-corrected chi connectivity index (χ0v) is 14.0. The number of amides is 1. The average Bonchev–Trinajstić information content (AvgIpc) is 2.55. The minimum absolute atomic E-state index is 0.000936. The topological polar surface area (TPSA) is 101 Å². The van der Waals surface area contributed by atoms with Crippen molar-refractivity contribution >= 4 is 22.6 Å². The molecule has 1 heterocycles. The van der Waals surface area contributed by atoms with E-state index in [0.29, 0.717) is 22.4 Å². The van der Waals surface area contributed by atoms with Crippen LogP contribution in [-0.2, 0) is 20.7 Å². The van der Waals surface area contributed by atoms with Gasteiger partial charge in [0.15, 0.2) is 6.61 Å². The number of H-pyrrole nitrogens is 1. The number of aromatic amines is 1. The first-order valence-corrected chi connectivity index (χ1v) is 7.79. The maximum absolute atomic E-state index is 11.9. The molecule has 0 aliphatic heterocycles. The van der Waals surface area contributed by atoms with E-state index in [1.54, 1.807) is 24.3 Å². The predicted molar refractivity (Wildman–Crippen MR) is 89.5 cm³/mol. The Balaban J connectivity index is 1.97. The predicted octanol–water partition coefficient (Wildman–Crippen LogP) is 1.17. The highest BCUT2D eigenvalue weighted by molar-refractivity contribution is 5.87. The molecule has 0 saturated heterocycles. The van der Waals surface area contributed by atoms with Crippen molar-refractivity contribution in [3.8, 4) is 0 Å². The van der Waals surface area contributed by atoms with E-state index in [0.717, 1.165) is 0 Å². The summed E-state index contributed by atoms with van der Waals surface area (Å²) in [7, 11) is 0. The fourth-order valence-corrected chi connectivity index (χ4v) is 2.10. The number of fused-ring (bicyclic) bond motifs is 1. The number of ether oxygens (including phenoxy) is 1. The lowest BCUT2D eigenvalue weighted by Crippen LogP contribution is -2.38. The van der Waals surface area contributed by atoms with Crippen molar-refractivity contribution in [2.75, 3.05) is 6.61 Å². The summed E-state index contributed by atoms with van der Waals surface area (Å²) in [6.07, 6.45) is -0.121.